The Labute approximate surface area is 116 Å². The van der Waals surface area contributed by atoms with Gasteiger partial charge in [-0.05, 0) is 50.5 Å². The second-order valence-electron chi connectivity index (χ2n) is 5.45. The number of nitrogens with one attached hydrogen (secondary N) is 1. The van der Waals surface area contributed by atoms with Crippen molar-refractivity contribution in [3.8, 4) is 0 Å². The Morgan fingerprint density at radius 1 is 1.21 bits per heavy atom. The van der Waals surface area contributed by atoms with Crippen LogP contribution in [0.15, 0.2) is 30.3 Å². The molecule has 0 saturated carbocycles. The number of hydrogen-bond acceptors (Lipinski definition) is 3. The summed E-state index contributed by atoms with van der Waals surface area (Å²) in [5, 5.41) is 0. The Morgan fingerprint density at radius 3 is 2.74 bits per heavy atom. The van der Waals surface area contributed by atoms with Gasteiger partial charge in [0, 0.05) is 12.6 Å². The predicted octanol–water partition coefficient (Wildman–Crippen LogP) is 2.80. The Kier molecular flexibility index (Phi) is 6.34. The summed E-state index contributed by atoms with van der Waals surface area (Å²) >= 11 is 0. The molecule has 3 N–H and O–H groups in total. The minimum Gasteiger partial charge on any atom is -0.378 e. The molecule has 106 valence electrons. The summed E-state index contributed by atoms with van der Waals surface area (Å²) in [6.45, 7) is 0.940. The smallest absolute Gasteiger partial charge is 0.0575 e. The van der Waals surface area contributed by atoms with Gasteiger partial charge in [0.2, 0.25) is 0 Å². The average Bonchev–Trinajstić information content (AvgIpc) is 2.49. The largest absolute Gasteiger partial charge is 0.378 e. The number of rotatable bonds is 7. The Bertz CT molecular complexity index is 336. The molecule has 0 spiro atoms. The van der Waals surface area contributed by atoms with E-state index >= 15 is 0 Å². The maximum absolute atomic E-state index is 5.77. The Hall–Kier alpha value is -0.900. The predicted molar refractivity (Wildman–Crippen MR) is 78.7 cm³/mol. The van der Waals surface area contributed by atoms with Gasteiger partial charge < -0.3 is 4.74 Å². The second kappa shape index (κ2) is 8.31. The van der Waals surface area contributed by atoms with Gasteiger partial charge in [-0.1, -0.05) is 30.3 Å². The van der Waals surface area contributed by atoms with Crippen LogP contribution in [0.3, 0.4) is 0 Å². The van der Waals surface area contributed by atoms with Crippen LogP contribution < -0.4 is 11.3 Å². The van der Waals surface area contributed by atoms with Crippen LogP contribution in [0.5, 0.6) is 0 Å². The molecule has 3 heteroatoms. The highest BCUT2D eigenvalue weighted by molar-refractivity contribution is 5.14. The second-order valence-corrected chi connectivity index (χ2v) is 5.45. The molecule has 0 aromatic heterocycles. The molecule has 2 rings (SSSR count). The van der Waals surface area contributed by atoms with E-state index in [2.05, 4.69) is 35.8 Å². The van der Waals surface area contributed by atoms with Crippen molar-refractivity contribution in [2.45, 2.75) is 57.1 Å². The number of benzene rings is 1. The van der Waals surface area contributed by atoms with Crippen molar-refractivity contribution < 1.29 is 4.74 Å². The SMILES string of the molecule is NNC(CCc1ccccc1)CCC1CCCCO1. The van der Waals surface area contributed by atoms with Gasteiger partial charge in [-0.25, -0.2) is 0 Å². The van der Waals surface area contributed by atoms with E-state index in [1.165, 1.54) is 24.8 Å². The lowest BCUT2D eigenvalue weighted by Crippen LogP contribution is -2.36. The molecule has 2 unspecified atom stereocenters. The molecule has 1 aliphatic heterocycles. The molecule has 1 aromatic carbocycles. The zero-order valence-electron chi connectivity index (χ0n) is 11.7. The molecule has 19 heavy (non-hydrogen) atoms. The fraction of sp³-hybridized carbons (Fsp3) is 0.625. The average molecular weight is 262 g/mol. The molecule has 1 aromatic rings. The molecule has 0 aliphatic carbocycles. The summed E-state index contributed by atoms with van der Waals surface area (Å²) in [7, 11) is 0. The van der Waals surface area contributed by atoms with Gasteiger partial charge in [0.25, 0.3) is 0 Å². The van der Waals surface area contributed by atoms with Crippen LogP contribution >= 0.6 is 0 Å². The van der Waals surface area contributed by atoms with E-state index in [-0.39, 0.29) is 0 Å². The number of hydrogen-bond donors (Lipinski definition) is 2. The molecular formula is C16H26N2O. The van der Waals surface area contributed by atoms with Gasteiger partial charge in [0.15, 0.2) is 0 Å². The fourth-order valence-corrected chi connectivity index (χ4v) is 2.72. The van der Waals surface area contributed by atoms with Crippen molar-refractivity contribution >= 4 is 0 Å². The van der Waals surface area contributed by atoms with Crippen LogP contribution in [0.2, 0.25) is 0 Å². The third-order valence-corrected chi connectivity index (χ3v) is 3.97. The van der Waals surface area contributed by atoms with Crippen molar-refractivity contribution in [2.24, 2.45) is 5.84 Å². The monoisotopic (exact) mass is 262 g/mol. The highest BCUT2D eigenvalue weighted by Crippen LogP contribution is 2.18. The van der Waals surface area contributed by atoms with E-state index in [9.17, 15) is 0 Å². The van der Waals surface area contributed by atoms with Crippen LogP contribution in [-0.2, 0) is 11.2 Å². The fourth-order valence-electron chi connectivity index (χ4n) is 2.72. The maximum atomic E-state index is 5.77. The normalized spacial score (nSPS) is 21.2. The van der Waals surface area contributed by atoms with Crippen LogP contribution in [-0.4, -0.2) is 18.8 Å². The summed E-state index contributed by atoms with van der Waals surface area (Å²) in [6, 6.07) is 11.0. The number of aryl methyl sites for hydroxylation is 1. The van der Waals surface area contributed by atoms with Crippen molar-refractivity contribution in [3.63, 3.8) is 0 Å². The number of nitrogens with two attached hydrogens (primary N) is 1. The summed E-state index contributed by atoms with van der Waals surface area (Å²) in [5.41, 5.74) is 4.34. The lowest BCUT2D eigenvalue weighted by atomic mass is 9.98. The standard InChI is InChI=1S/C16H26N2O/c17-18-15(10-9-14-6-2-1-3-7-14)11-12-16-8-4-5-13-19-16/h1-3,6-7,15-16,18H,4-5,8-13,17H2. The van der Waals surface area contributed by atoms with Gasteiger partial charge >= 0.3 is 0 Å². The van der Waals surface area contributed by atoms with Gasteiger partial charge in [0.1, 0.15) is 0 Å². The Balaban J connectivity index is 1.67. The minimum absolute atomic E-state index is 0.394. The molecule has 1 aliphatic rings. The van der Waals surface area contributed by atoms with E-state index in [0.717, 1.165) is 32.3 Å². The zero-order valence-corrected chi connectivity index (χ0v) is 11.7. The first-order chi connectivity index (χ1) is 9.38. The number of ether oxygens (including phenoxy) is 1. The third kappa shape index (κ3) is 5.31. The summed E-state index contributed by atoms with van der Waals surface area (Å²) in [5.74, 6) is 5.66. The van der Waals surface area contributed by atoms with E-state index in [4.69, 9.17) is 10.6 Å². The number of hydrazine groups is 1. The molecule has 1 heterocycles. The molecule has 0 amide bonds. The van der Waals surface area contributed by atoms with Crippen molar-refractivity contribution in [3.05, 3.63) is 35.9 Å². The van der Waals surface area contributed by atoms with Crippen LogP contribution in [0.1, 0.15) is 44.1 Å². The van der Waals surface area contributed by atoms with Crippen molar-refractivity contribution in [1.29, 1.82) is 0 Å². The van der Waals surface area contributed by atoms with E-state index in [1.54, 1.807) is 0 Å². The van der Waals surface area contributed by atoms with Gasteiger partial charge in [-0.2, -0.15) is 0 Å². The summed E-state index contributed by atoms with van der Waals surface area (Å²) in [6.07, 6.45) is 8.63. The molecule has 0 bridgehead atoms. The van der Waals surface area contributed by atoms with E-state index < -0.39 is 0 Å². The summed E-state index contributed by atoms with van der Waals surface area (Å²) < 4.78 is 5.77. The molecule has 3 nitrogen and oxygen atoms in total. The first-order valence-corrected chi connectivity index (χ1v) is 7.50. The summed E-state index contributed by atoms with van der Waals surface area (Å²) in [4.78, 5) is 0. The van der Waals surface area contributed by atoms with Crippen LogP contribution in [0, 0.1) is 0 Å². The highest BCUT2D eigenvalue weighted by atomic mass is 16.5. The lowest BCUT2D eigenvalue weighted by Gasteiger charge is -2.24. The molecule has 1 saturated heterocycles. The first kappa shape index (κ1) is 14.5. The van der Waals surface area contributed by atoms with E-state index in [1.807, 2.05) is 0 Å². The van der Waals surface area contributed by atoms with Crippen LogP contribution in [0.25, 0.3) is 0 Å². The zero-order chi connectivity index (χ0) is 13.3. The minimum atomic E-state index is 0.394. The van der Waals surface area contributed by atoms with E-state index in [0.29, 0.717) is 12.1 Å². The maximum Gasteiger partial charge on any atom is 0.0575 e. The lowest BCUT2D eigenvalue weighted by molar-refractivity contribution is 0.00845. The van der Waals surface area contributed by atoms with Gasteiger partial charge in [0.05, 0.1) is 6.10 Å². The molecular weight excluding hydrogens is 236 g/mol. The van der Waals surface area contributed by atoms with Crippen LogP contribution in [0.4, 0.5) is 0 Å². The first-order valence-electron chi connectivity index (χ1n) is 7.50. The van der Waals surface area contributed by atoms with Crippen molar-refractivity contribution in [2.75, 3.05) is 6.61 Å². The van der Waals surface area contributed by atoms with Gasteiger partial charge in [-0.3, -0.25) is 11.3 Å². The van der Waals surface area contributed by atoms with Gasteiger partial charge in [-0.15, -0.1) is 0 Å². The van der Waals surface area contributed by atoms with Crippen molar-refractivity contribution in [1.82, 2.24) is 5.43 Å². The highest BCUT2D eigenvalue weighted by Gasteiger charge is 2.16. The quantitative estimate of drug-likeness (QED) is 0.587. The Morgan fingerprint density at radius 2 is 2.05 bits per heavy atom. The molecule has 2 atom stereocenters. The third-order valence-electron chi connectivity index (χ3n) is 3.97. The molecule has 0 radical (unpaired) electrons. The molecule has 1 fully saturated rings. The topological polar surface area (TPSA) is 47.3 Å².